The highest BCUT2D eigenvalue weighted by Gasteiger charge is 2.09. The molecule has 0 saturated heterocycles. The largest absolute Gasteiger partial charge is 0.368 e. The van der Waals surface area contributed by atoms with E-state index >= 15 is 0 Å². The Hall–Kier alpha value is -2.66. The van der Waals surface area contributed by atoms with Crippen LogP contribution in [0.25, 0.3) is 11.4 Å². The van der Waals surface area contributed by atoms with Crippen molar-refractivity contribution in [1.82, 2.24) is 15.0 Å². The van der Waals surface area contributed by atoms with Crippen LogP contribution in [0, 0.1) is 6.92 Å². The lowest BCUT2D eigenvalue weighted by Gasteiger charge is -2.13. The van der Waals surface area contributed by atoms with Crippen molar-refractivity contribution in [2.75, 3.05) is 10.6 Å². The average molecular weight is 354 g/mol. The summed E-state index contributed by atoms with van der Waals surface area (Å²) in [5, 5.41) is 7.14. The maximum absolute atomic E-state index is 6.03. The van der Waals surface area contributed by atoms with E-state index in [4.69, 9.17) is 11.6 Å². The fourth-order valence-electron chi connectivity index (χ4n) is 2.40. The average Bonchev–Trinajstić information content (AvgIpc) is 2.54. The molecule has 0 spiro atoms. The van der Waals surface area contributed by atoms with E-state index < -0.39 is 0 Å². The van der Waals surface area contributed by atoms with Gasteiger partial charge in [-0.2, -0.15) is 0 Å². The summed E-state index contributed by atoms with van der Waals surface area (Å²) in [4.78, 5) is 13.5. The zero-order valence-electron chi connectivity index (χ0n) is 14.4. The summed E-state index contributed by atoms with van der Waals surface area (Å²) in [6.07, 6.45) is 1.65. The highest BCUT2D eigenvalue weighted by molar-refractivity contribution is 6.30. The summed E-state index contributed by atoms with van der Waals surface area (Å²) in [7, 11) is 0. The van der Waals surface area contributed by atoms with Gasteiger partial charge in [0.25, 0.3) is 0 Å². The minimum Gasteiger partial charge on any atom is -0.368 e. The quantitative estimate of drug-likeness (QED) is 0.671. The number of benzene rings is 1. The number of rotatable bonds is 5. The Balaban J connectivity index is 2.00. The van der Waals surface area contributed by atoms with Gasteiger partial charge in [0.05, 0.1) is 0 Å². The van der Waals surface area contributed by atoms with Crippen molar-refractivity contribution in [3.05, 3.63) is 59.2 Å². The van der Waals surface area contributed by atoms with Gasteiger partial charge in [0, 0.05) is 28.9 Å². The normalized spacial score (nSPS) is 10.8. The molecule has 0 bridgehead atoms. The number of hydrogen-bond donors (Lipinski definition) is 2. The van der Waals surface area contributed by atoms with Crippen molar-refractivity contribution >= 4 is 29.1 Å². The van der Waals surface area contributed by atoms with Crippen molar-refractivity contribution in [3.8, 4) is 11.4 Å². The van der Waals surface area contributed by atoms with Crippen LogP contribution in [0.3, 0.4) is 0 Å². The van der Waals surface area contributed by atoms with E-state index in [-0.39, 0.29) is 6.04 Å². The standard InChI is InChI=1S/C19H20ClN5/c1-12(2)22-17-11-18(23-16-10-15(20)7-8-21-16)25-19(24-17)14-6-4-5-13(3)9-14/h4-12H,1-3H3,(H2,21,22,23,24,25). The fourth-order valence-corrected chi connectivity index (χ4v) is 2.56. The van der Waals surface area contributed by atoms with Gasteiger partial charge < -0.3 is 10.6 Å². The molecule has 0 fully saturated rings. The molecule has 128 valence electrons. The summed E-state index contributed by atoms with van der Waals surface area (Å²) in [5.41, 5.74) is 2.13. The van der Waals surface area contributed by atoms with Gasteiger partial charge in [0.2, 0.25) is 0 Å². The van der Waals surface area contributed by atoms with Crippen molar-refractivity contribution < 1.29 is 0 Å². The first-order chi connectivity index (χ1) is 12.0. The summed E-state index contributed by atoms with van der Waals surface area (Å²) >= 11 is 6.03. The molecule has 25 heavy (non-hydrogen) atoms. The molecule has 6 heteroatoms. The Labute approximate surface area is 152 Å². The zero-order chi connectivity index (χ0) is 17.8. The van der Waals surface area contributed by atoms with E-state index in [1.807, 2.05) is 18.2 Å². The molecule has 0 aliphatic carbocycles. The monoisotopic (exact) mass is 353 g/mol. The molecule has 0 aliphatic heterocycles. The second-order valence-electron chi connectivity index (χ2n) is 6.11. The van der Waals surface area contributed by atoms with Crippen molar-refractivity contribution in [2.24, 2.45) is 0 Å². The Morgan fingerprint density at radius 3 is 2.48 bits per heavy atom. The molecule has 2 heterocycles. The van der Waals surface area contributed by atoms with Crippen molar-refractivity contribution in [2.45, 2.75) is 26.8 Å². The molecule has 2 N–H and O–H groups in total. The van der Waals surface area contributed by atoms with E-state index in [9.17, 15) is 0 Å². The van der Waals surface area contributed by atoms with Crippen LogP contribution in [0.4, 0.5) is 17.5 Å². The lowest BCUT2D eigenvalue weighted by Crippen LogP contribution is -2.12. The third-order valence-electron chi connectivity index (χ3n) is 3.42. The van der Waals surface area contributed by atoms with Crippen LogP contribution in [0.5, 0.6) is 0 Å². The van der Waals surface area contributed by atoms with Gasteiger partial charge in [-0.05, 0) is 39.0 Å². The molecule has 0 unspecified atom stereocenters. The third-order valence-corrected chi connectivity index (χ3v) is 3.65. The van der Waals surface area contributed by atoms with E-state index in [0.717, 1.165) is 16.9 Å². The minimum atomic E-state index is 0.261. The summed E-state index contributed by atoms with van der Waals surface area (Å²) in [6, 6.07) is 13.7. The van der Waals surface area contributed by atoms with Crippen LogP contribution in [0.2, 0.25) is 5.02 Å². The SMILES string of the molecule is Cc1cccc(-c2nc(Nc3cc(Cl)ccn3)cc(NC(C)C)n2)c1. The number of halogens is 1. The number of pyridine rings is 1. The van der Waals surface area contributed by atoms with Crippen molar-refractivity contribution in [1.29, 1.82) is 0 Å². The first kappa shape index (κ1) is 17.2. The molecule has 1 aromatic carbocycles. The summed E-state index contributed by atoms with van der Waals surface area (Å²) in [6.45, 7) is 6.19. The molecule has 0 atom stereocenters. The smallest absolute Gasteiger partial charge is 0.163 e. The first-order valence-electron chi connectivity index (χ1n) is 8.11. The highest BCUT2D eigenvalue weighted by atomic mass is 35.5. The van der Waals surface area contributed by atoms with Crippen LogP contribution in [0.1, 0.15) is 19.4 Å². The maximum Gasteiger partial charge on any atom is 0.163 e. The van der Waals surface area contributed by atoms with Crippen molar-refractivity contribution in [3.63, 3.8) is 0 Å². The Kier molecular flexibility index (Phi) is 5.14. The molecular formula is C19H20ClN5. The van der Waals surface area contributed by atoms with E-state index in [1.165, 1.54) is 0 Å². The van der Waals surface area contributed by atoms with Crippen LogP contribution in [0.15, 0.2) is 48.7 Å². The molecular weight excluding hydrogens is 334 g/mol. The van der Waals surface area contributed by atoms with Gasteiger partial charge in [-0.15, -0.1) is 0 Å². The number of anilines is 3. The number of nitrogens with zero attached hydrogens (tertiary/aromatic N) is 3. The summed E-state index contributed by atoms with van der Waals surface area (Å²) < 4.78 is 0. The van der Waals surface area contributed by atoms with Gasteiger partial charge >= 0.3 is 0 Å². The fraction of sp³-hybridized carbons (Fsp3) is 0.211. The predicted octanol–water partition coefficient (Wildman–Crippen LogP) is 5.06. The molecule has 0 radical (unpaired) electrons. The molecule has 0 aliphatic rings. The minimum absolute atomic E-state index is 0.261. The molecule has 0 saturated carbocycles. The second kappa shape index (κ2) is 7.49. The number of nitrogens with one attached hydrogen (secondary N) is 2. The highest BCUT2D eigenvalue weighted by Crippen LogP contribution is 2.24. The Bertz CT molecular complexity index is 879. The maximum atomic E-state index is 6.03. The second-order valence-corrected chi connectivity index (χ2v) is 6.55. The zero-order valence-corrected chi connectivity index (χ0v) is 15.2. The lowest BCUT2D eigenvalue weighted by molar-refractivity contribution is 0.887. The lowest BCUT2D eigenvalue weighted by atomic mass is 10.1. The molecule has 2 aromatic heterocycles. The van der Waals surface area contributed by atoms with Crippen LogP contribution >= 0.6 is 11.6 Å². The Morgan fingerprint density at radius 1 is 0.960 bits per heavy atom. The molecule has 5 nitrogen and oxygen atoms in total. The van der Waals surface area contributed by atoms with Gasteiger partial charge in [-0.25, -0.2) is 15.0 Å². The number of aromatic nitrogens is 3. The third kappa shape index (κ3) is 4.67. The number of hydrogen-bond acceptors (Lipinski definition) is 5. The van der Waals surface area contributed by atoms with Gasteiger partial charge in [0.15, 0.2) is 5.82 Å². The van der Waals surface area contributed by atoms with Crippen LogP contribution < -0.4 is 10.6 Å². The first-order valence-corrected chi connectivity index (χ1v) is 8.48. The van der Waals surface area contributed by atoms with Gasteiger partial charge in [-0.1, -0.05) is 35.4 Å². The molecule has 0 amide bonds. The van der Waals surface area contributed by atoms with Crippen LogP contribution in [-0.4, -0.2) is 21.0 Å². The van der Waals surface area contributed by atoms with Gasteiger partial charge in [0.1, 0.15) is 17.5 Å². The van der Waals surface area contributed by atoms with E-state index in [2.05, 4.69) is 58.5 Å². The topological polar surface area (TPSA) is 62.7 Å². The van der Waals surface area contributed by atoms with E-state index in [1.54, 1.807) is 18.3 Å². The van der Waals surface area contributed by atoms with Crippen LogP contribution in [-0.2, 0) is 0 Å². The predicted molar refractivity (Wildman–Crippen MR) is 103 cm³/mol. The Morgan fingerprint density at radius 2 is 1.76 bits per heavy atom. The number of aryl methyl sites for hydroxylation is 1. The van der Waals surface area contributed by atoms with E-state index in [0.29, 0.717) is 22.5 Å². The molecule has 3 aromatic rings. The molecule has 3 rings (SSSR count). The summed E-state index contributed by atoms with van der Waals surface area (Å²) in [5.74, 6) is 2.70. The van der Waals surface area contributed by atoms with Gasteiger partial charge in [-0.3, -0.25) is 0 Å².